The van der Waals surface area contributed by atoms with Gasteiger partial charge in [0.15, 0.2) is 0 Å². The largest absolute Gasteiger partial charge is 0.497 e. The monoisotopic (exact) mass is 484 g/mol. The number of nitrogens with zero attached hydrogens (tertiary/aromatic N) is 4. The summed E-state index contributed by atoms with van der Waals surface area (Å²) in [5.41, 5.74) is 3.30. The Kier molecular flexibility index (Phi) is 6.60. The van der Waals surface area contributed by atoms with Crippen molar-refractivity contribution in [2.24, 2.45) is 7.05 Å². The first kappa shape index (κ1) is 24.1. The van der Waals surface area contributed by atoms with Crippen LogP contribution in [-0.2, 0) is 17.1 Å². The summed E-state index contributed by atoms with van der Waals surface area (Å²) in [6.45, 7) is 7.96. The molecule has 8 nitrogen and oxygen atoms in total. The van der Waals surface area contributed by atoms with Gasteiger partial charge in [0.2, 0.25) is 10.0 Å². The van der Waals surface area contributed by atoms with Crippen LogP contribution < -0.4 is 15.2 Å². The lowest BCUT2D eigenvalue weighted by Gasteiger charge is -2.35. The van der Waals surface area contributed by atoms with Crippen molar-refractivity contribution in [1.82, 2.24) is 13.7 Å². The van der Waals surface area contributed by atoms with Gasteiger partial charge >= 0.3 is 0 Å². The molecule has 0 N–H and O–H groups in total. The van der Waals surface area contributed by atoms with Gasteiger partial charge in [-0.25, -0.2) is 13.1 Å². The van der Waals surface area contributed by atoms with Crippen molar-refractivity contribution in [2.45, 2.75) is 31.6 Å². The molecule has 1 aliphatic rings. The maximum absolute atomic E-state index is 13.3. The molecule has 0 bridgehead atoms. The number of ether oxygens (including phenoxy) is 1. The zero-order valence-electron chi connectivity index (χ0n) is 20.4. The Hall–Kier alpha value is -3.04. The summed E-state index contributed by atoms with van der Waals surface area (Å²) in [5.74, 6) is 0.901. The molecule has 0 saturated carbocycles. The number of aromatic nitrogens is 2. The van der Waals surface area contributed by atoms with Crippen LogP contribution in [0.4, 0.5) is 5.69 Å². The van der Waals surface area contributed by atoms with E-state index < -0.39 is 10.0 Å². The Morgan fingerprint density at radius 3 is 1.94 bits per heavy atom. The van der Waals surface area contributed by atoms with Gasteiger partial charge in [-0.1, -0.05) is 13.8 Å². The van der Waals surface area contributed by atoms with Crippen molar-refractivity contribution >= 4 is 15.7 Å². The van der Waals surface area contributed by atoms with Crippen LogP contribution in [-0.4, -0.2) is 55.4 Å². The minimum atomic E-state index is -3.62. The minimum absolute atomic E-state index is 0.0692. The number of rotatable bonds is 6. The van der Waals surface area contributed by atoms with E-state index in [0.717, 1.165) is 22.7 Å². The molecular weight excluding hydrogens is 452 g/mol. The van der Waals surface area contributed by atoms with E-state index in [1.54, 1.807) is 36.1 Å². The standard InChI is InChI=1S/C25H32N4O4S/c1-18(2)24-19(3)26(4)29(25(24)30)21-8-12-23(13-9-21)34(31,32)28-16-14-27(15-17-28)20-6-10-22(33-5)11-7-20/h6-13,18H,14-17H2,1-5H3. The van der Waals surface area contributed by atoms with Gasteiger partial charge in [-0.3, -0.25) is 9.48 Å². The molecule has 2 heterocycles. The number of methoxy groups -OCH3 is 1. The zero-order chi connectivity index (χ0) is 24.6. The van der Waals surface area contributed by atoms with Crippen molar-refractivity contribution in [3.05, 3.63) is 70.1 Å². The van der Waals surface area contributed by atoms with Crippen LogP contribution in [0.1, 0.15) is 31.0 Å². The summed E-state index contributed by atoms with van der Waals surface area (Å²) in [7, 11) is -0.146. The average molecular weight is 485 g/mol. The third-order valence-corrected chi connectivity index (χ3v) is 8.48. The highest BCUT2D eigenvalue weighted by molar-refractivity contribution is 7.89. The molecular formula is C25H32N4O4S. The van der Waals surface area contributed by atoms with Gasteiger partial charge in [0, 0.05) is 50.2 Å². The molecule has 1 fully saturated rings. The topological polar surface area (TPSA) is 76.8 Å². The van der Waals surface area contributed by atoms with Crippen LogP contribution in [0.5, 0.6) is 5.75 Å². The quantitative estimate of drug-likeness (QED) is 0.537. The Morgan fingerprint density at radius 1 is 0.882 bits per heavy atom. The fourth-order valence-corrected chi connectivity index (χ4v) is 5.99. The Labute approximate surface area is 201 Å². The lowest BCUT2D eigenvalue weighted by atomic mass is 10.0. The van der Waals surface area contributed by atoms with E-state index >= 15 is 0 Å². The van der Waals surface area contributed by atoms with Crippen molar-refractivity contribution in [2.75, 3.05) is 38.2 Å². The molecule has 0 spiro atoms. The number of anilines is 1. The average Bonchev–Trinajstić information content (AvgIpc) is 3.07. The second kappa shape index (κ2) is 9.31. The fourth-order valence-electron chi connectivity index (χ4n) is 4.57. The number of benzene rings is 2. The molecule has 1 aromatic heterocycles. The van der Waals surface area contributed by atoms with Crippen LogP contribution in [0.25, 0.3) is 5.69 Å². The highest BCUT2D eigenvalue weighted by Crippen LogP contribution is 2.24. The van der Waals surface area contributed by atoms with Crippen LogP contribution in [0, 0.1) is 6.92 Å². The second-order valence-corrected chi connectivity index (χ2v) is 10.8. The normalized spacial score (nSPS) is 15.2. The van der Waals surface area contributed by atoms with Gasteiger partial charge in [0.05, 0.1) is 17.7 Å². The molecule has 3 aromatic rings. The molecule has 34 heavy (non-hydrogen) atoms. The number of piperazine rings is 1. The molecule has 182 valence electrons. The van der Waals surface area contributed by atoms with Crippen LogP contribution in [0.2, 0.25) is 0 Å². The molecule has 1 saturated heterocycles. The van der Waals surface area contributed by atoms with Crippen molar-refractivity contribution < 1.29 is 13.2 Å². The summed E-state index contributed by atoms with van der Waals surface area (Å²) in [5, 5.41) is 0. The van der Waals surface area contributed by atoms with Crippen molar-refractivity contribution in [3.8, 4) is 11.4 Å². The van der Waals surface area contributed by atoms with Crippen molar-refractivity contribution in [3.63, 3.8) is 0 Å². The van der Waals surface area contributed by atoms with E-state index in [1.807, 2.05) is 56.8 Å². The zero-order valence-corrected chi connectivity index (χ0v) is 21.2. The Morgan fingerprint density at radius 2 is 1.44 bits per heavy atom. The van der Waals surface area contributed by atoms with Crippen LogP contribution >= 0.6 is 0 Å². The SMILES string of the molecule is COc1ccc(N2CCN(S(=O)(=O)c3ccc(-n4c(=O)c(C(C)C)c(C)n4C)cc3)CC2)cc1. The predicted molar refractivity (Wildman–Crippen MR) is 134 cm³/mol. The maximum Gasteiger partial charge on any atom is 0.275 e. The lowest BCUT2D eigenvalue weighted by molar-refractivity contribution is 0.384. The van der Waals surface area contributed by atoms with Gasteiger partial charge in [-0.2, -0.15) is 4.31 Å². The smallest absolute Gasteiger partial charge is 0.275 e. The summed E-state index contributed by atoms with van der Waals surface area (Å²) in [6, 6.07) is 14.4. The highest BCUT2D eigenvalue weighted by Gasteiger charge is 2.29. The van der Waals surface area contributed by atoms with Crippen LogP contribution in [0.3, 0.4) is 0 Å². The number of sulfonamides is 1. The number of hydrogen-bond donors (Lipinski definition) is 0. The lowest BCUT2D eigenvalue weighted by Crippen LogP contribution is -2.48. The molecule has 9 heteroatoms. The first-order valence-electron chi connectivity index (χ1n) is 11.4. The van der Waals surface area contributed by atoms with Gasteiger partial charge in [0.1, 0.15) is 5.75 Å². The molecule has 2 aromatic carbocycles. The second-order valence-electron chi connectivity index (χ2n) is 8.88. The predicted octanol–water partition coefficient (Wildman–Crippen LogP) is 3.13. The van der Waals surface area contributed by atoms with E-state index in [-0.39, 0.29) is 16.4 Å². The molecule has 0 aliphatic carbocycles. The summed E-state index contributed by atoms with van der Waals surface area (Å²) in [4.78, 5) is 15.4. The van der Waals surface area contributed by atoms with E-state index in [4.69, 9.17) is 4.74 Å². The first-order valence-corrected chi connectivity index (χ1v) is 12.9. The van der Waals surface area contributed by atoms with Gasteiger partial charge in [-0.05, 0) is 61.4 Å². The van der Waals surface area contributed by atoms with Crippen LogP contribution in [0.15, 0.2) is 58.2 Å². The van der Waals surface area contributed by atoms with E-state index in [0.29, 0.717) is 31.9 Å². The highest BCUT2D eigenvalue weighted by atomic mass is 32.2. The third-order valence-electron chi connectivity index (χ3n) is 6.57. The first-order chi connectivity index (χ1) is 16.1. The molecule has 0 amide bonds. The molecule has 4 rings (SSSR count). The Balaban J connectivity index is 1.51. The molecule has 0 unspecified atom stereocenters. The van der Waals surface area contributed by atoms with Gasteiger partial charge < -0.3 is 9.64 Å². The molecule has 0 radical (unpaired) electrons. The minimum Gasteiger partial charge on any atom is -0.497 e. The summed E-state index contributed by atoms with van der Waals surface area (Å²) >= 11 is 0. The number of hydrogen-bond acceptors (Lipinski definition) is 5. The molecule has 0 atom stereocenters. The van der Waals surface area contributed by atoms with Gasteiger partial charge in [-0.15, -0.1) is 0 Å². The van der Waals surface area contributed by atoms with E-state index in [1.165, 1.54) is 4.31 Å². The van der Waals surface area contributed by atoms with Gasteiger partial charge in [0.25, 0.3) is 5.56 Å². The fraction of sp³-hybridized carbons (Fsp3) is 0.400. The summed E-state index contributed by atoms with van der Waals surface area (Å²) in [6.07, 6.45) is 0. The van der Waals surface area contributed by atoms with E-state index in [9.17, 15) is 13.2 Å². The maximum atomic E-state index is 13.3. The van der Waals surface area contributed by atoms with Crippen molar-refractivity contribution in [1.29, 1.82) is 0 Å². The molecule has 1 aliphatic heterocycles. The Bertz CT molecular complexity index is 1310. The summed E-state index contributed by atoms with van der Waals surface area (Å²) < 4.78 is 36.7. The third kappa shape index (κ3) is 4.25. The van der Waals surface area contributed by atoms with E-state index in [2.05, 4.69) is 4.90 Å².